The van der Waals surface area contributed by atoms with E-state index in [4.69, 9.17) is 9.47 Å². The molecule has 0 aliphatic heterocycles. The smallest absolute Gasteiger partial charge is 0.343 e. The van der Waals surface area contributed by atoms with Gasteiger partial charge in [-0.25, -0.2) is 4.79 Å². The molecular formula is C23H17NO6. The molecule has 0 saturated heterocycles. The Balaban J connectivity index is 1.63. The van der Waals surface area contributed by atoms with Gasteiger partial charge in [0.15, 0.2) is 5.78 Å². The average molecular weight is 403 g/mol. The number of allylic oxidation sites excluding steroid dienone is 1. The van der Waals surface area contributed by atoms with Crippen molar-refractivity contribution in [2.24, 2.45) is 0 Å². The number of carbonyl (C=O) groups excluding carboxylic acids is 2. The molecule has 30 heavy (non-hydrogen) atoms. The highest BCUT2D eigenvalue weighted by Gasteiger charge is 2.12. The Morgan fingerprint density at radius 1 is 0.900 bits per heavy atom. The van der Waals surface area contributed by atoms with Crippen LogP contribution in [0.2, 0.25) is 0 Å². The van der Waals surface area contributed by atoms with Crippen LogP contribution in [0.5, 0.6) is 11.5 Å². The van der Waals surface area contributed by atoms with E-state index in [0.717, 1.165) is 5.56 Å². The van der Waals surface area contributed by atoms with Crippen molar-refractivity contribution in [3.63, 3.8) is 0 Å². The van der Waals surface area contributed by atoms with Gasteiger partial charge < -0.3 is 9.47 Å². The van der Waals surface area contributed by atoms with E-state index in [9.17, 15) is 19.7 Å². The number of carbonyl (C=O) groups is 2. The lowest BCUT2D eigenvalue weighted by atomic mass is 10.1. The van der Waals surface area contributed by atoms with Crippen LogP contribution in [0.1, 0.15) is 26.3 Å². The van der Waals surface area contributed by atoms with Gasteiger partial charge in [-0.15, -0.1) is 0 Å². The minimum Gasteiger partial charge on any atom is -0.497 e. The van der Waals surface area contributed by atoms with Crippen molar-refractivity contribution in [2.75, 3.05) is 7.11 Å². The summed E-state index contributed by atoms with van der Waals surface area (Å²) >= 11 is 0. The molecule has 0 N–H and O–H groups in total. The van der Waals surface area contributed by atoms with Gasteiger partial charge in [-0.05, 0) is 60.2 Å². The highest BCUT2D eigenvalue weighted by atomic mass is 16.6. The van der Waals surface area contributed by atoms with Gasteiger partial charge in [-0.1, -0.05) is 18.2 Å². The summed E-state index contributed by atoms with van der Waals surface area (Å²) in [5.41, 5.74) is 1.33. The number of nitro groups is 1. The van der Waals surface area contributed by atoms with Gasteiger partial charge in [0.25, 0.3) is 5.69 Å². The topological polar surface area (TPSA) is 95.7 Å². The monoisotopic (exact) mass is 403 g/mol. The average Bonchev–Trinajstić information content (AvgIpc) is 2.78. The van der Waals surface area contributed by atoms with Crippen LogP contribution in [0.4, 0.5) is 5.69 Å². The fourth-order valence-corrected chi connectivity index (χ4v) is 2.59. The molecule has 0 atom stereocenters. The van der Waals surface area contributed by atoms with E-state index in [2.05, 4.69) is 0 Å². The first kappa shape index (κ1) is 20.5. The van der Waals surface area contributed by atoms with Crippen molar-refractivity contribution in [1.82, 2.24) is 0 Å². The Hall–Kier alpha value is -4.26. The zero-order valence-corrected chi connectivity index (χ0v) is 16.0. The molecule has 0 aliphatic rings. The van der Waals surface area contributed by atoms with Crippen LogP contribution in [0.15, 0.2) is 78.9 Å². The molecule has 0 radical (unpaired) electrons. The van der Waals surface area contributed by atoms with Crippen LogP contribution in [0, 0.1) is 10.1 Å². The molecule has 0 spiro atoms. The first-order valence-electron chi connectivity index (χ1n) is 8.89. The third kappa shape index (κ3) is 5.17. The maximum atomic E-state index is 12.3. The molecule has 0 heterocycles. The highest BCUT2D eigenvalue weighted by Crippen LogP contribution is 2.18. The fraction of sp³-hybridized carbons (Fsp3) is 0.0435. The van der Waals surface area contributed by atoms with Crippen LogP contribution < -0.4 is 9.47 Å². The molecule has 7 nitrogen and oxygen atoms in total. The number of non-ortho nitro benzene ring substituents is 1. The zero-order chi connectivity index (χ0) is 21.5. The minimum absolute atomic E-state index is 0.114. The molecular weight excluding hydrogens is 386 g/mol. The van der Waals surface area contributed by atoms with Crippen molar-refractivity contribution in [3.05, 3.63) is 106 Å². The second-order valence-electron chi connectivity index (χ2n) is 6.19. The van der Waals surface area contributed by atoms with E-state index in [0.29, 0.717) is 11.3 Å². The molecule has 0 fully saturated rings. The standard InChI is InChI=1S/C23H17NO6/c1-29-21-4-2-3-16(15-21)5-14-22(25)17-8-12-20(13-9-17)30-23(26)18-6-10-19(11-7-18)24(27)28/h2-15H,1H3/b14-5+. The number of esters is 1. The number of methoxy groups -OCH3 is 1. The van der Waals surface area contributed by atoms with Gasteiger partial charge in [0.05, 0.1) is 17.6 Å². The highest BCUT2D eigenvalue weighted by molar-refractivity contribution is 6.06. The van der Waals surface area contributed by atoms with E-state index in [1.54, 1.807) is 25.3 Å². The van der Waals surface area contributed by atoms with E-state index in [1.807, 2.05) is 24.3 Å². The molecule has 150 valence electrons. The normalized spacial score (nSPS) is 10.6. The Kier molecular flexibility index (Phi) is 6.34. The molecule has 7 heteroatoms. The Morgan fingerprint density at radius 3 is 2.20 bits per heavy atom. The predicted octanol–water partition coefficient (Wildman–Crippen LogP) is 4.72. The molecule has 0 saturated carbocycles. The number of nitrogens with zero attached hydrogens (tertiary/aromatic N) is 1. The van der Waals surface area contributed by atoms with Crippen LogP contribution >= 0.6 is 0 Å². The number of benzene rings is 3. The van der Waals surface area contributed by atoms with Crippen molar-refractivity contribution >= 4 is 23.5 Å². The van der Waals surface area contributed by atoms with Crippen molar-refractivity contribution < 1.29 is 24.0 Å². The Morgan fingerprint density at radius 2 is 1.57 bits per heavy atom. The van der Waals surface area contributed by atoms with Crippen LogP contribution in [0.25, 0.3) is 6.08 Å². The first-order chi connectivity index (χ1) is 14.5. The second-order valence-corrected chi connectivity index (χ2v) is 6.19. The number of nitro benzene ring substituents is 1. The molecule has 0 aromatic heterocycles. The lowest BCUT2D eigenvalue weighted by Gasteiger charge is -2.05. The number of hydrogen-bond donors (Lipinski definition) is 0. The zero-order valence-electron chi connectivity index (χ0n) is 16.0. The summed E-state index contributed by atoms with van der Waals surface area (Å²) in [6, 6.07) is 18.5. The molecule has 0 amide bonds. The van der Waals surface area contributed by atoms with Gasteiger partial charge in [0.1, 0.15) is 11.5 Å². The first-order valence-corrected chi connectivity index (χ1v) is 8.89. The van der Waals surface area contributed by atoms with Gasteiger partial charge >= 0.3 is 5.97 Å². The summed E-state index contributed by atoms with van der Waals surface area (Å²) in [5, 5.41) is 10.7. The third-order valence-corrected chi connectivity index (χ3v) is 4.18. The summed E-state index contributed by atoms with van der Waals surface area (Å²) in [4.78, 5) is 34.6. The minimum atomic E-state index is -0.651. The largest absolute Gasteiger partial charge is 0.497 e. The number of ether oxygens (including phenoxy) is 2. The Bertz CT molecular complexity index is 1100. The third-order valence-electron chi connectivity index (χ3n) is 4.18. The summed E-state index contributed by atoms with van der Waals surface area (Å²) < 4.78 is 10.4. The van der Waals surface area contributed by atoms with E-state index in [-0.39, 0.29) is 22.8 Å². The van der Waals surface area contributed by atoms with Crippen molar-refractivity contribution in [1.29, 1.82) is 0 Å². The van der Waals surface area contributed by atoms with E-state index in [1.165, 1.54) is 42.5 Å². The van der Waals surface area contributed by atoms with Crippen LogP contribution in [-0.4, -0.2) is 23.8 Å². The maximum Gasteiger partial charge on any atom is 0.343 e. The van der Waals surface area contributed by atoms with E-state index >= 15 is 0 Å². The lowest BCUT2D eigenvalue weighted by molar-refractivity contribution is -0.384. The number of rotatable bonds is 7. The van der Waals surface area contributed by atoms with Crippen molar-refractivity contribution in [3.8, 4) is 11.5 Å². The van der Waals surface area contributed by atoms with Gasteiger partial charge in [0, 0.05) is 17.7 Å². The number of hydrogen-bond acceptors (Lipinski definition) is 6. The number of ketones is 1. The Labute approximate surface area is 172 Å². The molecule has 0 bridgehead atoms. The molecule has 0 aliphatic carbocycles. The van der Waals surface area contributed by atoms with E-state index < -0.39 is 10.9 Å². The quantitative estimate of drug-likeness (QED) is 0.141. The lowest BCUT2D eigenvalue weighted by Crippen LogP contribution is -2.08. The van der Waals surface area contributed by atoms with Crippen LogP contribution in [0.3, 0.4) is 0 Å². The van der Waals surface area contributed by atoms with Gasteiger partial charge in [-0.2, -0.15) is 0 Å². The second kappa shape index (κ2) is 9.29. The summed E-state index contributed by atoms with van der Waals surface area (Å²) in [5.74, 6) is 0.100. The summed E-state index contributed by atoms with van der Waals surface area (Å²) in [6.45, 7) is 0. The molecule has 3 aromatic rings. The maximum absolute atomic E-state index is 12.3. The summed E-state index contributed by atoms with van der Waals surface area (Å²) in [6.07, 6.45) is 3.14. The predicted molar refractivity (Wildman–Crippen MR) is 111 cm³/mol. The van der Waals surface area contributed by atoms with Gasteiger partial charge in [-0.3, -0.25) is 14.9 Å². The van der Waals surface area contributed by atoms with Crippen molar-refractivity contribution in [2.45, 2.75) is 0 Å². The molecule has 3 aromatic carbocycles. The van der Waals surface area contributed by atoms with Gasteiger partial charge in [0.2, 0.25) is 0 Å². The summed E-state index contributed by atoms with van der Waals surface area (Å²) in [7, 11) is 1.57. The SMILES string of the molecule is COc1cccc(/C=C/C(=O)c2ccc(OC(=O)c3ccc([N+](=O)[O-])cc3)cc2)c1. The van der Waals surface area contributed by atoms with Crippen LogP contribution in [-0.2, 0) is 0 Å². The molecule has 0 unspecified atom stereocenters. The fourth-order valence-electron chi connectivity index (χ4n) is 2.59. The molecule has 3 rings (SSSR count).